The Labute approximate surface area is 167 Å². The van der Waals surface area contributed by atoms with Crippen LogP contribution in [0.4, 0.5) is 11.4 Å². The first kappa shape index (κ1) is 20.2. The van der Waals surface area contributed by atoms with Gasteiger partial charge in [0.1, 0.15) is 5.75 Å². The van der Waals surface area contributed by atoms with Crippen molar-refractivity contribution in [3.8, 4) is 5.75 Å². The van der Waals surface area contributed by atoms with Crippen molar-refractivity contribution in [1.29, 1.82) is 0 Å². The number of fused-ring (bicyclic) bond motifs is 1. The number of hydrogen-bond acceptors (Lipinski definition) is 5. The molecule has 152 valence electrons. The van der Waals surface area contributed by atoms with Gasteiger partial charge in [-0.05, 0) is 30.7 Å². The summed E-state index contributed by atoms with van der Waals surface area (Å²) in [5.41, 5.74) is 2.07. The maximum absolute atomic E-state index is 12.5. The standard InChI is InChI=1S/C21H24N4O4/c1-13-8-6-7-9-18(13)29-12-19(26)22-14-10-16-17(11-15(14)23(2)3)25(5)21(28)20(27)24(16)4/h6-11H,12H2,1-5H3,(H,22,26). The minimum atomic E-state index is -0.627. The van der Waals surface area contributed by atoms with E-state index in [1.807, 2.05) is 44.1 Å². The van der Waals surface area contributed by atoms with Crippen molar-refractivity contribution in [2.75, 3.05) is 30.9 Å². The quantitative estimate of drug-likeness (QED) is 0.663. The second-order valence-corrected chi connectivity index (χ2v) is 7.08. The van der Waals surface area contributed by atoms with E-state index in [1.165, 1.54) is 16.2 Å². The minimum Gasteiger partial charge on any atom is -0.483 e. The maximum atomic E-state index is 12.5. The number of carbonyl (C=O) groups is 1. The molecule has 0 saturated carbocycles. The average Bonchev–Trinajstić information content (AvgIpc) is 2.69. The molecule has 1 aromatic heterocycles. The number of nitrogens with one attached hydrogen (secondary N) is 1. The molecule has 2 aromatic carbocycles. The molecule has 0 atom stereocenters. The summed E-state index contributed by atoms with van der Waals surface area (Å²) in [4.78, 5) is 38.6. The van der Waals surface area contributed by atoms with Gasteiger partial charge in [-0.3, -0.25) is 14.4 Å². The van der Waals surface area contributed by atoms with Gasteiger partial charge in [0.2, 0.25) is 0 Å². The number of carbonyl (C=O) groups excluding carboxylic acids is 1. The van der Waals surface area contributed by atoms with Crippen molar-refractivity contribution in [2.45, 2.75) is 6.92 Å². The Balaban J connectivity index is 1.96. The van der Waals surface area contributed by atoms with Crippen LogP contribution in [0, 0.1) is 6.92 Å². The summed E-state index contributed by atoms with van der Waals surface area (Å²) >= 11 is 0. The highest BCUT2D eigenvalue weighted by Crippen LogP contribution is 2.29. The van der Waals surface area contributed by atoms with Crippen molar-refractivity contribution in [1.82, 2.24) is 9.13 Å². The van der Waals surface area contributed by atoms with Crippen LogP contribution in [0.1, 0.15) is 5.56 Å². The molecule has 3 rings (SSSR count). The SMILES string of the molecule is Cc1ccccc1OCC(=O)Nc1cc2c(cc1N(C)C)n(C)c(=O)c(=O)n2C. The zero-order valence-corrected chi connectivity index (χ0v) is 17.1. The first-order chi connectivity index (χ1) is 13.7. The fourth-order valence-corrected chi connectivity index (χ4v) is 3.13. The van der Waals surface area contributed by atoms with E-state index in [0.29, 0.717) is 28.2 Å². The molecule has 0 aliphatic heterocycles. The monoisotopic (exact) mass is 396 g/mol. The van der Waals surface area contributed by atoms with Gasteiger partial charge in [-0.2, -0.15) is 0 Å². The molecule has 0 spiro atoms. The molecule has 8 heteroatoms. The molecule has 0 saturated heterocycles. The molecule has 1 N–H and O–H groups in total. The van der Waals surface area contributed by atoms with Gasteiger partial charge in [0, 0.05) is 28.2 Å². The second kappa shape index (κ2) is 7.83. The number of amides is 1. The lowest BCUT2D eigenvalue weighted by Crippen LogP contribution is -2.39. The molecule has 0 fully saturated rings. The number of aromatic nitrogens is 2. The van der Waals surface area contributed by atoms with Crippen molar-refractivity contribution < 1.29 is 9.53 Å². The van der Waals surface area contributed by atoms with E-state index in [4.69, 9.17) is 4.74 Å². The van der Waals surface area contributed by atoms with Crippen molar-refractivity contribution >= 4 is 28.3 Å². The van der Waals surface area contributed by atoms with E-state index in [-0.39, 0.29) is 12.5 Å². The summed E-state index contributed by atoms with van der Waals surface area (Å²) in [6.45, 7) is 1.76. The van der Waals surface area contributed by atoms with Crippen molar-refractivity contribution in [3.63, 3.8) is 0 Å². The number of para-hydroxylation sites is 1. The van der Waals surface area contributed by atoms with Gasteiger partial charge in [0.25, 0.3) is 5.91 Å². The molecule has 8 nitrogen and oxygen atoms in total. The van der Waals surface area contributed by atoms with Crippen molar-refractivity contribution in [2.24, 2.45) is 14.1 Å². The number of benzene rings is 2. The van der Waals surface area contributed by atoms with Gasteiger partial charge in [-0.1, -0.05) is 18.2 Å². The van der Waals surface area contributed by atoms with Crippen LogP contribution < -0.4 is 26.1 Å². The molecule has 29 heavy (non-hydrogen) atoms. The summed E-state index contributed by atoms with van der Waals surface area (Å²) in [6, 6.07) is 10.9. The summed E-state index contributed by atoms with van der Waals surface area (Å²) < 4.78 is 8.22. The van der Waals surface area contributed by atoms with Crippen LogP contribution >= 0.6 is 0 Å². The molecular formula is C21H24N4O4. The van der Waals surface area contributed by atoms with Gasteiger partial charge < -0.3 is 24.1 Å². The van der Waals surface area contributed by atoms with Gasteiger partial charge in [-0.25, -0.2) is 0 Å². The van der Waals surface area contributed by atoms with Gasteiger partial charge in [0.05, 0.1) is 22.4 Å². The van der Waals surface area contributed by atoms with Crippen LogP contribution in [0.15, 0.2) is 46.0 Å². The van der Waals surface area contributed by atoms with Gasteiger partial charge >= 0.3 is 11.1 Å². The van der Waals surface area contributed by atoms with Crippen LogP contribution in [0.5, 0.6) is 5.75 Å². The third-order valence-electron chi connectivity index (χ3n) is 4.82. The Morgan fingerprint density at radius 2 is 1.62 bits per heavy atom. The highest BCUT2D eigenvalue weighted by molar-refractivity contribution is 5.99. The van der Waals surface area contributed by atoms with E-state index in [2.05, 4.69) is 5.32 Å². The zero-order valence-electron chi connectivity index (χ0n) is 17.1. The van der Waals surface area contributed by atoms with Crippen molar-refractivity contribution in [3.05, 3.63) is 62.7 Å². The Morgan fingerprint density at radius 1 is 1.03 bits per heavy atom. The molecule has 1 amide bonds. The maximum Gasteiger partial charge on any atom is 0.316 e. The predicted octanol–water partition coefficient (Wildman–Crippen LogP) is 1.63. The molecule has 0 radical (unpaired) electrons. The lowest BCUT2D eigenvalue weighted by molar-refractivity contribution is -0.118. The van der Waals surface area contributed by atoms with E-state index in [0.717, 1.165) is 5.56 Å². The first-order valence-corrected chi connectivity index (χ1v) is 9.10. The summed E-state index contributed by atoms with van der Waals surface area (Å²) in [7, 11) is 6.76. The number of rotatable bonds is 5. The number of aryl methyl sites for hydroxylation is 3. The zero-order chi connectivity index (χ0) is 21.3. The largest absolute Gasteiger partial charge is 0.483 e. The Bertz CT molecular complexity index is 1210. The highest BCUT2D eigenvalue weighted by atomic mass is 16.5. The third-order valence-corrected chi connectivity index (χ3v) is 4.82. The highest BCUT2D eigenvalue weighted by Gasteiger charge is 2.16. The van der Waals surface area contributed by atoms with E-state index < -0.39 is 11.1 Å². The van der Waals surface area contributed by atoms with Crippen LogP contribution in [-0.2, 0) is 18.9 Å². The molecule has 0 unspecified atom stereocenters. The molecule has 0 aliphatic carbocycles. The van der Waals surface area contributed by atoms with Gasteiger partial charge in [0.15, 0.2) is 6.61 Å². The van der Waals surface area contributed by atoms with Crippen LogP contribution in [0.3, 0.4) is 0 Å². The minimum absolute atomic E-state index is 0.151. The fraction of sp³-hybridized carbons (Fsp3) is 0.286. The lowest BCUT2D eigenvalue weighted by atomic mass is 10.2. The first-order valence-electron chi connectivity index (χ1n) is 9.10. The normalized spacial score (nSPS) is 10.8. The van der Waals surface area contributed by atoms with Crippen LogP contribution in [0.2, 0.25) is 0 Å². The molecular weight excluding hydrogens is 372 g/mol. The Kier molecular flexibility index (Phi) is 5.45. The fourth-order valence-electron chi connectivity index (χ4n) is 3.13. The number of anilines is 2. The Morgan fingerprint density at radius 3 is 2.21 bits per heavy atom. The van der Waals surface area contributed by atoms with Gasteiger partial charge in [-0.15, -0.1) is 0 Å². The molecule has 0 bridgehead atoms. The lowest BCUT2D eigenvalue weighted by Gasteiger charge is -2.21. The molecule has 1 heterocycles. The smallest absolute Gasteiger partial charge is 0.316 e. The Hall–Kier alpha value is -3.55. The molecule has 0 aliphatic rings. The number of hydrogen-bond donors (Lipinski definition) is 1. The van der Waals surface area contributed by atoms with E-state index in [1.54, 1.807) is 25.2 Å². The summed E-state index contributed by atoms with van der Waals surface area (Å²) in [5.74, 6) is 0.317. The average molecular weight is 396 g/mol. The van der Waals surface area contributed by atoms with Crippen LogP contribution in [0.25, 0.3) is 11.0 Å². The second-order valence-electron chi connectivity index (χ2n) is 7.08. The van der Waals surface area contributed by atoms with E-state index in [9.17, 15) is 14.4 Å². The summed E-state index contributed by atoms with van der Waals surface area (Å²) in [5, 5.41) is 2.85. The topological polar surface area (TPSA) is 85.6 Å². The number of ether oxygens (including phenoxy) is 1. The number of nitrogens with zero attached hydrogens (tertiary/aromatic N) is 3. The third kappa shape index (κ3) is 3.87. The van der Waals surface area contributed by atoms with Crippen LogP contribution in [-0.4, -0.2) is 35.7 Å². The summed E-state index contributed by atoms with van der Waals surface area (Å²) in [6.07, 6.45) is 0. The predicted molar refractivity (Wildman–Crippen MR) is 114 cm³/mol. The molecule has 3 aromatic rings. The van der Waals surface area contributed by atoms with E-state index >= 15 is 0 Å².